The van der Waals surface area contributed by atoms with Gasteiger partial charge in [-0.15, -0.1) is 0 Å². The maximum Gasteiger partial charge on any atom is 0.223 e. The summed E-state index contributed by atoms with van der Waals surface area (Å²) in [6.45, 7) is 2.06. The molecule has 0 unspecified atom stereocenters. The average Bonchev–Trinajstić information content (AvgIpc) is 2.25. The second-order valence-corrected chi connectivity index (χ2v) is 4.27. The normalized spacial score (nSPS) is 17.3. The molecule has 0 aromatic rings. The molecule has 86 valence electrons. The third kappa shape index (κ3) is 5.09. The van der Waals surface area contributed by atoms with Gasteiger partial charge in [-0.3, -0.25) is 4.79 Å². The third-order valence-corrected chi connectivity index (χ3v) is 2.70. The van der Waals surface area contributed by atoms with Crippen LogP contribution in [-0.4, -0.2) is 30.7 Å². The second-order valence-electron chi connectivity index (χ2n) is 3.75. The van der Waals surface area contributed by atoms with Gasteiger partial charge in [-0.05, 0) is 25.7 Å². The lowest BCUT2D eigenvalue weighted by molar-refractivity contribution is -0.127. The quantitative estimate of drug-likeness (QED) is 0.536. The molecule has 0 radical (unpaired) electrons. The van der Waals surface area contributed by atoms with Crippen LogP contribution in [0.3, 0.4) is 0 Å². The molecule has 1 heterocycles. The molecule has 5 heteroatoms. The molecule has 4 nitrogen and oxygen atoms in total. The zero-order valence-corrected chi connectivity index (χ0v) is 9.65. The maximum atomic E-state index is 11.6. The lowest BCUT2D eigenvalue weighted by Crippen LogP contribution is -2.35. The molecule has 0 saturated carbocycles. The van der Waals surface area contributed by atoms with E-state index in [2.05, 4.69) is 5.32 Å². The van der Waals surface area contributed by atoms with Crippen molar-refractivity contribution in [3.8, 4) is 0 Å². The first-order chi connectivity index (χ1) is 7.20. The van der Waals surface area contributed by atoms with Crippen LogP contribution >= 0.6 is 12.2 Å². The number of nitrogens with two attached hydrogens (primary N) is 1. The SMILES string of the molecule is NC(=S)CCCNC(=O)C1CCOCC1. The van der Waals surface area contributed by atoms with E-state index in [9.17, 15) is 4.79 Å². The molecule has 3 N–H and O–H groups in total. The van der Waals surface area contributed by atoms with Crippen LogP contribution in [0, 0.1) is 5.92 Å². The Hall–Kier alpha value is -0.680. The summed E-state index contributed by atoms with van der Waals surface area (Å²) in [6, 6.07) is 0. The number of carbonyl (C=O) groups is 1. The highest BCUT2D eigenvalue weighted by molar-refractivity contribution is 7.80. The van der Waals surface area contributed by atoms with Crippen molar-refractivity contribution in [1.29, 1.82) is 0 Å². The molecule has 15 heavy (non-hydrogen) atoms. The van der Waals surface area contributed by atoms with Gasteiger partial charge in [0.05, 0.1) is 4.99 Å². The first-order valence-electron chi connectivity index (χ1n) is 5.34. The Balaban J connectivity index is 2.09. The number of hydrogen-bond acceptors (Lipinski definition) is 3. The molecule has 0 atom stereocenters. The number of rotatable bonds is 5. The molecular weight excluding hydrogens is 212 g/mol. The summed E-state index contributed by atoms with van der Waals surface area (Å²) in [4.78, 5) is 12.1. The summed E-state index contributed by atoms with van der Waals surface area (Å²) in [5, 5.41) is 2.90. The molecule has 1 rings (SSSR count). The Morgan fingerprint density at radius 1 is 1.47 bits per heavy atom. The Labute approximate surface area is 95.5 Å². The summed E-state index contributed by atoms with van der Waals surface area (Å²) in [6.07, 6.45) is 3.19. The molecule has 0 aromatic carbocycles. The Morgan fingerprint density at radius 3 is 2.73 bits per heavy atom. The van der Waals surface area contributed by atoms with E-state index >= 15 is 0 Å². The number of nitrogens with one attached hydrogen (secondary N) is 1. The Morgan fingerprint density at radius 2 is 2.13 bits per heavy atom. The highest BCUT2D eigenvalue weighted by atomic mass is 32.1. The van der Waals surface area contributed by atoms with Gasteiger partial charge in [-0.2, -0.15) is 0 Å². The Kier molecular flexibility index (Phi) is 5.57. The molecule has 1 fully saturated rings. The monoisotopic (exact) mass is 230 g/mol. The van der Waals surface area contributed by atoms with Crippen LogP contribution in [0.5, 0.6) is 0 Å². The molecule has 1 saturated heterocycles. The molecule has 0 aliphatic carbocycles. The van der Waals surface area contributed by atoms with Crippen molar-refractivity contribution in [1.82, 2.24) is 5.32 Å². The summed E-state index contributed by atoms with van der Waals surface area (Å²) in [5.74, 6) is 0.268. The van der Waals surface area contributed by atoms with Crippen LogP contribution in [0.25, 0.3) is 0 Å². The summed E-state index contributed by atoms with van der Waals surface area (Å²) >= 11 is 4.75. The van der Waals surface area contributed by atoms with Crippen molar-refractivity contribution in [2.75, 3.05) is 19.8 Å². The molecule has 1 aliphatic heterocycles. The van der Waals surface area contributed by atoms with Gasteiger partial charge >= 0.3 is 0 Å². The van der Waals surface area contributed by atoms with Crippen molar-refractivity contribution in [2.24, 2.45) is 11.7 Å². The van der Waals surface area contributed by atoms with E-state index in [4.69, 9.17) is 22.7 Å². The van der Waals surface area contributed by atoms with Gasteiger partial charge in [0.15, 0.2) is 0 Å². The standard InChI is InChI=1S/C10H18N2O2S/c11-9(15)2-1-5-12-10(13)8-3-6-14-7-4-8/h8H,1-7H2,(H2,11,15)(H,12,13). The van der Waals surface area contributed by atoms with E-state index in [0.29, 0.717) is 31.2 Å². The molecule has 0 aromatic heterocycles. The lowest BCUT2D eigenvalue weighted by atomic mass is 9.99. The van der Waals surface area contributed by atoms with E-state index in [-0.39, 0.29) is 11.8 Å². The molecular formula is C10H18N2O2S. The van der Waals surface area contributed by atoms with Crippen LogP contribution in [-0.2, 0) is 9.53 Å². The minimum absolute atomic E-state index is 0.128. The number of ether oxygens (including phenoxy) is 1. The van der Waals surface area contributed by atoms with E-state index in [0.717, 1.165) is 19.3 Å². The fourth-order valence-corrected chi connectivity index (χ4v) is 1.72. The number of amides is 1. The van der Waals surface area contributed by atoms with Crippen molar-refractivity contribution >= 4 is 23.1 Å². The molecule has 1 aliphatic rings. The van der Waals surface area contributed by atoms with Crippen molar-refractivity contribution in [2.45, 2.75) is 25.7 Å². The summed E-state index contributed by atoms with van der Waals surface area (Å²) in [7, 11) is 0. The topological polar surface area (TPSA) is 64.3 Å². The van der Waals surface area contributed by atoms with Crippen molar-refractivity contribution in [3.63, 3.8) is 0 Å². The molecule has 0 spiro atoms. The van der Waals surface area contributed by atoms with E-state index in [1.807, 2.05) is 0 Å². The van der Waals surface area contributed by atoms with Gasteiger partial charge in [0.25, 0.3) is 0 Å². The number of thiocarbonyl (C=S) groups is 1. The van der Waals surface area contributed by atoms with Gasteiger partial charge in [0, 0.05) is 25.7 Å². The Bertz CT molecular complexity index is 227. The van der Waals surface area contributed by atoms with Crippen LogP contribution in [0.4, 0.5) is 0 Å². The second kappa shape index (κ2) is 6.74. The number of hydrogen-bond donors (Lipinski definition) is 2. The predicted molar refractivity (Wildman–Crippen MR) is 62.6 cm³/mol. The van der Waals surface area contributed by atoms with Crippen LogP contribution < -0.4 is 11.1 Å². The van der Waals surface area contributed by atoms with Crippen molar-refractivity contribution < 1.29 is 9.53 Å². The largest absolute Gasteiger partial charge is 0.393 e. The smallest absolute Gasteiger partial charge is 0.223 e. The fourth-order valence-electron chi connectivity index (χ4n) is 1.58. The van der Waals surface area contributed by atoms with Crippen LogP contribution in [0.1, 0.15) is 25.7 Å². The van der Waals surface area contributed by atoms with Crippen LogP contribution in [0.2, 0.25) is 0 Å². The highest BCUT2D eigenvalue weighted by Crippen LogP contribution is 2.14. The van der Waals surface area contributed by atoms with E-state index in [1.54, 1.807) is 0 Å². The van der Waals surface area contributed by atoms with E-state index < -0.39 is 0 Å². The minimum atomic E-state index is 0.128. The zero-order valence-electron chi connectivity index (χ0n) is 8.83. The van der Waals surface area contributed by atoms with Gasteiger partial charge in [0.1, 0.15) is 0 Å². The third-order valence-electron chi connectivity index (χ3n) is 2.49. The fraction of sp³-hybridized carbons (Fsp3) is 0.800. The lowest BCUT2D eigenvalue weighted by Gasteiger charge is -2.21. The highest BCUT2D eigenvalue weighted by Gasteiger charge is 2.20. The van der Waals surface area contributed by atoms with E-state index in [1.165, 1.54) is 0 Å². The van der Waals surface area contributed by atoms with Crippen LogP contribution in [0.15, 0.2) is 0 Å². The average molecular weight is 230 g/mol. The predicted octanol–water partition coefficient (Wildman–Crippen LogP) is 0.595. The number of carbonyl (C=O) groups excluding carboxylic acids is 1. The summed E-state index contributed by atoms with van der Waals surface area (Å²) in [5.41, 5.74) is 5.35. The van der Waals surface area contributed by atoms with Gasteiger partial charge in [0.2, 0.25) is 5.91 Å². The first kappa shape index (κ1) is 12.4. The van der Waals surface area contributed by atoms with Gasteiger partial charge < -0.3 is 15.8 Å². The van der Waals surface area contributed by atoms with Gasteiger partial charge in [-0.1, -0.05) is 12.2 Å². The van der Waals surface area contributed by atoms with Crippen molar-refractivity contribution in [3.05, 3.63) is 0 Å². The molecule has 1 amide bonds. The molecule has 0 bridgehead atoms. The first-order valence-corrected chi connectivity index (χ1v) is 5.74. The zero-order chi connectivity index (χ0) is 11.1. The summed E-state index contributed by atoms with van der Waals surface area (Å²) < 4.78 is 5.19. The minimum Gasteiger partial charge on any atom is -0.393 e. The van der Waals surface area contributed by atoms with Gasteiger partial charge in [-0.25, -0.2) is 0 Å². The maximum absolute atomic E-state index is 11.6.